The van der Waals surface area contributed by atoms with Crippen LogP contribution in [0.5, 0.6) is 0 Å². The van der Waals surface area contributed by atoms with Crippen LogP contribution in [0.15, 0.2) is 12.1 Å². The summed E-state index contributed by atoms with van der Waals surface area (Å²) in [6.45, 7) is 1.95. The van der Waals surface area contributed by atoms with Crippen molar-refractivity contribution in [2.45, 2.75) is 19.8 Å². The van der Waals surface area contributed by atoms with Crippen molar-refractivity contribution in [1.29, 1.82) is 0 Å². The first-order valence-corrected chi connectivity index (χ1v) is 9.63. The van der Waals surface area contributed by atoms with Gasteiger partial charge in [0, 0.05) is 20.2 Å². The van der Waals surface area contributed by atoms with Crippen LogP contribution in [0.3, 0.4) is 0 Å². The van der Waals surface area contributed by atoms with Gasteiger partial charge in [0.05, 0.1) is 22.8 Å². The van der Waals surface area contributed by atoms with E-state index in [1.165, 1.54) is 20.2 Å². The van der Waals surface area contributed by atoms with Crippen LogP contribution in [0.25, 0.3) is 0 Å². The van der Waals surface area contributed by atoms with Crippen LogP contribution < -0.4 is 13.9 Å². The number of carbonyl (C=O) groups is 1. The monoisotopic (exact) mass is 385 g/mol. The Labute approximate surface area is 148 Å². The maximum Gasteiger partial charge on any atom is 0.326 e. The van der Waals surface area contributed by atoms with Crippen LogP contribution in [0.2, 0.25) is 0 Å². The van der Waals surface area contributed by atoms with E-state index in [4.69, 9.17) is 0 Å². The number of hydrogen-bond donors (Lipinski definition) is 1. The third-order valence-electron chi connectivity index (χ3n) is 3.93. The summed E-state index contributed by atoms with van der Waals surface area (Å²) < 4.78 is 44.4. The molecule has 2 heterocycles. The van der Waals surface area contributed by atoms with Crippen molar-refractivity contribution in [3.05, 3.63) is 28.5 Å². The number of hydrogen-bond acceptors (Lipinski definition) is 6. The molecule has 0 spiro atoms. The third kappa shape index (κ3) is 2.82. The number of fused-ring (bicyclic) bond motifs is 1. The lowest BCUT2D eigenvalue weighted by Gasteiger charge is -2.13. The molecule has 8 nitrogen and oxygen atoms in total. The Morgan fingerprint density at radius 1 is 1.28 bits per heavy atom. The lowest BCUT2D eigenvalue weighted by Crippen LogP contribution is -2.32. The summed E-state index contributed by atoms with van der Waals surface area (Å²) in [4.78, 5) is 12.7. The van der Waals surface area contributed by atoms with Crippen LogP contribution in [0.1, 0.15) is 28.7 Å². The second-order valence-electron chi connectivity index (χ2n) is 5.52. The summed E-state index contributed by atoms with van der Waals surface area (Å²) in [5.74, 6) is -1.24. The van der Waals surface area contributed by atoms with E-state index in [1.54, 1.807) is 0 Å². The van der Waals surface area contributed by atoms with E-state index >= 15 is 0 Å². The highest BCUT2D eigenvalue weighted by molar-refractivity contribution is 7.94. The Morgan fingerprint density at radius 3 is 2.56 bits per heavy atom. The molecule has 1 amide bonds. The zero-order valence-electron chi connectivity index (χ0n) is 13.8. The summed E-state index contributed by atoms with van der Waals surface area (Å²) in [5.41, 5.74) is 0.961. The molecule has 0 unspecified atom stereocenters. The maximum absolute atomic E-state index is 14.4. The van der Waals surface area contributed by atoms with Gasteiger partial charge >= 0.3 is 10.2 Å². The molecule has 0 saturated heterocycles. The molecule has 0 aliphatic carbocycles. The number of rotatable bonds is 4. The van der Waals surface area contributed by atoms with E-state index in [9.17, 15) is 17.6 Å². The molecular weight excluding hydrogens is 369 g/mol. The predicted octanol–water partition coefficient (Wildman–Crippen LogP) is 2.01. The van der Waals surface area contributed by atoms with Crippen LogP contribution >= 0.6 is 11.5 Å². The fourth-order valence-corrected chi connectivity index (χ4v) is 4.30. The van der Waals surface area contributed by atoms with Gasteiger partial charge in [-0.05, 0) is 24.0 Å². The van der Waals surface area contributed by atoms with E-state index < -0.39 is 21.9 Å². The smallest absolute Gasteiger partial charge is 0.319 e. The van der Waals surface area contributed by atoms with Gasteiger partial charge in [-0.25, -0.2) is 4.39 Å². The number of benzene rings is 1. The number of carbonyl (C=O) groups excluding carboxylic acids is 1. The fourth-order valence-electron chi connectivity index (χ4n) is 2.54. The quantitative estimate of drug-likeness (QED) is 0.869. The molecule has 1 N–H and O–H groups in total. The van der Waals surface area contributed by atoms with Crippen molar-refractivity contribution in [3.8, 4) is 0 Å². The van der Waals surface area contributed by atoms with Crippen molar-refractivity contribution in [2.24, 2.45) is 0 Å². The van der Waals surface area contributed by atoms with Gasteiger partial charge in [0.25, 0.3) is 5.91 Å². The molecule has 0 bridgehead atoms. The molecule has 1 aliphatic rings. The number of aryl methyl sites for hydroxylation is 1. The second kappa shape index (κ2) is 6.23. The molecular formula is C14H16FN5O3S2. The predicted molar refractivity (Wildman–Crippen MR) is 94.0 cm³/mol. The lowest BCUT2D eigenvalue weighted by atomic mass is 10.2. The number of nitrogens with one attached hydrogen (secondary N) is 1. The van der Waals surface area contributed by atoms with Gasteiger partial charge in [-0.2, -0.15) is 8.42 Å². The van der Waals surface area contributed by atoms with Crippen molar-refractivity contribution in [1.82, 2.24) is 9.59 Å². The average Bonchev–Trinajstić information content (AvgIpc) is 3.08. The topological polar surface area (TPSA) is 95.5 Å². The summed E-state index contributed by atoms with van der Waals surface area (Å²) in [7, 11) is -1.00. The lowest BCUT2D eigenvalue weighted by molar-refractivity contribution is 0.102. The fraction of sp³-hybridized carbons (Fsp3) is 0.357. The van der Waals surface area contributed by atoms with E-state index in [0.717, 1.165) is 32.6 Å². The molecule has 2 aromatic rings. The Morgan fingerprint density at radius 2 is 1.92 bits per heavy atom. The standard InChI is InChI=1S/C14H16FN5O3S2/c1-4-5-9-13(24-18-17-9)14(21)16-10-7-12-11(6-8(10)15)19(2)25(22,23)20(12)3/h6-7H,4-5H2,1-3H3,(H,16,21). The molecule has 25 heavy (non-hydrogen) atoms. The Hall–Kier alpha value is -2.27. The maximum atomic E-state index is 14.4. The molecule has 0 saturated carbocycles. The largest absolute Gasteiger partial charge is 0.326 e. The zero-order chi connectivity index (χ0) is 18.4. The number of aromatic nitrogens is 2. The highest BCUT2D eigenvalue weighted by Crippen LogP contribution is 2.41. The highest BCUT2D eigenvalue weighted by atomic mass is 32.2. The van der Waals surface area contributed by atoms with Crippen molar-refractivity contribution >= 4 is 44.7 Å². The van der Waals surface area contributed by atoms with Gasteiger partial charge < -0.3 is 5.32 Å². The first kappa shape index (κ1) is 17.5. The normalized spacial score (nSPS) is 15.4. The van der Waals surface area contributed by atoms with Gasteiger partial charge in [0.15, 0.2) is 0 Å². The van der Waals surface area contributed by atoms with E-state index in [0.29, 0.717) is 17.0 Å². The van der Waals surface area contributed by atoms with E-state index in [-0.39, 0.29) is 17.1 Å². The van der Waals surface area contributed by atoms with Crippen LogP contribution in [0, 0.1) is 5.82 Å². The van der Waals surface area contributed by atoms with Gasteiger partial charge in [0.2, 0.25) is 0 Å². The number of halogens is 1. The van der Waals surface area contributed by atoms with Gasteiger partial charge in [-0.3, -0.25) is 13.4 Å². The van der Waals surface area contributed by atoms with Gasteiger partial charge in [-0.1, -0.05) is 17.8 Å². The Kier molecular flexibility index (Phi) is 4.37. The molecule has 1 aromatic carbocycles. The van der Waals surface area contributed by atoms with Crippen LogP contribution in [0.4, 0.5) is 21.5 Å². The minimum Gasteiger partial charge on any atom is -0.319 e. The van der Waals surface area contributed by atoms with Crippen LogP contribution in [-0.4, -0.2) is 38.0 Å². The molecule has 134 valence electrons. The SMILES string of the molecule is CCCc1nnsc1C(=O)Nc1cc2c(cc1F)N(C)S(=O)(=O)N2C. The Bertz CT molecular complexity index is 944. The minimum absolute atomic E-state index is 0.100. The molecule has 1 aliphatic heterocycles. The van der Waals surface area contributed by atoms with E-state index in [1.807, 2.05) is 6.92 Å². The van der Waals surface area contributed by atoms with Crippen molar-refractivity contribution in [2.75, 3.05) is 28.0 Å². The minimum atomic E-state index is -3.71. The zero-order valence-corrected chi connectivity index (χ0v) is 15.4. The van der Waals surface area contributed by atoms with Crippen LogP contribution in [-0.2, 0) is 16.6 Å². The molecule has 0 radical (unpaired) electrons. The summed E-state index contributed by atoms with van der Waals surface area (Å²) in [6.07, 6.45) is 1.39. The highest BCUT2D eigenvalue weighted by Gasteiger charge is 2.36. The third-order valence-corrected chi connectivity index (χ3v) is 6.48. The summed E-state index contributed by atoms with van der Waals surface area (Å²) in [6, 6.07) is 2.39. The number of anilines is 3. The molecule has 3 rings (SSSR count). The van der Waals surface area contributed by atoms with Gasteiger partial charge in [-0.15, -0.1) is 5.10 Å². The Balaban J connectivity index is 1.94. The van der Waals surface area contributed by atoms with Gasteiger partial charge in [0.1, 0.15) is 10.7 Å². The molecule has 1 aromatic heterocycles. The summed E-state index contributed by atoms with van der Waals surface area (Å²) >= 11 is 0.939. The first-order chi connectivity index (χ1) is 11.8. The molecule has 11 heteroatoms. The number of amides is 1. The molecule has 0 fully saturated rings. The average molecular weight is 385 g/mol. The second-order valence-corrected chi connectivity index (χ2v) is 8.26. The summed E-state index contributed by atoms with van der Waals surface area (Å²) in [5, 5.41) is 6.39. The van der Waals surface area contributed by atoms with Crippen molar-refractivity contribution in [3.63, 3.8) is 0 Å². The van der Waals surface area contributed by atoms with Crippen molar-refractivity contribution < 1.29 is 17.6 Å². The number of nitrogens with zero attached hydrogens (tertiary/aromatic N) is 4. The first-order valence-electron chi connectivity index (χ1n) is 7.46. The van der Waals surface area contributed by atoms with E-state index in [2.05, 4.69) is 14.9 Å². The molecule has 0 atom stereocenters.